The molecule has 24 heavy (non-hydrogen) atoms. The van der Waals surface area contributed by atoms with Crippen LogP contribution in [0.15, 0.2) is 28.8 Å². The van der Waals surface area contributed by atoms with Crippen LogP contribution in [0.2, 0.25) is 0 Å². The van der Waals surface area contributed by atoms with E-state index in [1.807, 2.05) is 12.1 Å². The molecule has 0 saturated heterocycles. The molecule has 7 heteroatoms. The summed E-state index contributed by atoms with van der Waals surface area (Å²) in [6.07, 6.45) is 1.17. The maximum absolute atomic E-state index is 11.8. The van der Waals surface area contributed by atoms with E-state index in [0.717, 1.165) is 0 Å². The third-order valence-corrected chi connectivity index (χ3v) is 3.46. The summed E-state index contributed by atoms with van der Waals surface area (Å²) in [6, 6.07) is 7.45. The molecule has 2 rings (SSSR count). The maximum atomic E-state index is 11.8. The molecule has 0 unspecified atom stereocenters. The lowest BCUT2D eigenvalue weighted by Crippen LogP contribution is -2.36. The van der Waals surface area contributed by atoms with Crippen LogP contribution in [0.5, 0.6) is 0 Å². The van der Waals surface area contributed by atoms with Crippen molar-refractivity contribution in [3.63, 3.8) is 0 Å². The molecule has 0 atom stereocenters. The van der Waals surface area contributed by atoms with E-state index in [1.165, 1.54) is 5.56 Å². The lowest BCUT2D eigenvalue weighted by Gasteiger charge is -2.08. The fraction of sp³-hybridized carbons (Fsp3) is 0.412. The number of hydrogen-bond donors (Lipinski definition) is 2. The number of hydrogen-bond acceptors (Lipinski definition) is 5. The van der Waals surface area contributed by atoms with Crippen LogP contribution in [-0.4, -0.2) is 28.5 Å². The third kappa shape index (κ3) is 5.19. The average Bonchev–Trinajstić information content (AvgIpc) is 2.97. The fourth-order valence-corrected chi connectivity index (χ4v) is 2.10. The van der Waals surface area contributed by atoms with Crippen molar-refractivity contribution in [2.75, 3.05) is 11.9 Å². The Kier molecular flexibility index (Phi) is 6.06. The largest absolute Gasteiger partial charge is 0.348 e. The average molecular weight is 330 g/mol. The van der Waals surface area contributed by atoms with Gasteiger partial charge in [-0.1, -0.05) is 31.1 Å². The molecular formula is C17H22N4O3. The first-order valence-electron chi connectivity index (χ1n) is 7.94. The molecule has 0 aliphatic carbocycles. The molecule has 7 nitrogen and oxygen atoms in total. The molecular weight excluding hydrogens is 308 g/mol. The number of aryl methyl sites for hydroxylation is 2. The van der Waals surface area contributed by atoms with Crippen LogP contribution in [-0.2, 0) is 16.0 Å². The monoisotopic (exact) mass is 330 g/mol. The summed E-state index contributed by atoms with van der Waals surface area (Å²) in [5, 5.41) is 8.83. The number of benzene rings is 1. The molecule has 1 aromatic carbocycles. The lowest BCUT2D eigenvalue weighted by atomic mass is 10.0. The van der Waals surface area contributed by atoms with Crippen LogP contribution >= 0.6 is 0 Å². The molecule has 2 amide bonds. The highest BCUT2D eigenvalue weighted by molar-refractivity contribution is 6.39. The minimum atomic E-state index is -0.680. The summed E-state index contributed by atoms with van der Waals surface area (Å²) in [6.45, 7) is 6.29. The Bertz CT molecular complexity index is 692. The summed E-state index contributed by atoms with van der Waals surface area (Å²) in [5.74, 6) is 0.180. The number of anilines is 1. The van der Waals surface area contributed by atoms with E-state index in [4.69, 9.17) is 4.52 Å². The molecule has 2 N–H and O–H groups in total. The molecule has 0 fully saturated rings. The normalized spacial score (nSPS) is 10.7. The molecule has 128 valence electrons. The minimum Gasteiger partial charge on any atom is -0.348 e. The van der Waals surface area contributed by atoms with Gasteiger partial charge in [0.1, 0.15) is 0 Å². The summed E-state index contributed by atoms with van der Waals surface area (Å²) in [4.78, 5) is 27.7. The van der Waals surface area contributed by atoms with E-state index in [-0.39, 0.29) is 0 Å². The van der Waals surface area contributed by atoms with Gasteiger partial charge in [-0.3, -0.25) is 9.59 Å². The molecule has 1 aromatic heterocycles. The second-order valence-electron chi connectivity index (χ2n) is 5.83. The first-order valence-corrected chi connectivity index (χ1v) is 7.94. The van der Waals surface area contributed by atoms with E-state index in [2.05, 4.69) is 34.6 Å². The highest BCUT2D eigenvalue weighted by Crippen LogP contribution is 2.16. The summed E-state index contributed by atoms with van der Waals surface area (Å²) < 4.78 is 4.97. The molecule has 0 aliphatic rings. The Morgan fingerprint density at radius 2 is 1.88 bits per heavy atom. The predicted molar refractivity (Wildman–Crippen MR) is 89.5 cm³/mol. The SMILES string of the molecule is Cc1noc(CCCNC(=O)C(=O)Nc2ccc(C(C)C)cc2)n1. The number of amides is 2. The van der Waals surface area contributed by atoms with Gasteiger partial charge in [0.2, 0.25) is 5.89 Å². The first-order chi connectivity index (χ1) is 11.5. The van der Waals surface area contributed by atoms with Crippen LogP contribution in [0.4, 0.5) is 5.69 Å². The Hall–Kier alpha value is -2.70. The number of carbonyl (C=O) groups excluding carboxylic acids is 2. The van der Waals surface area contributed by atoms with Crippen molar-refractivity contribution in [3.8, 4) is 0 Å². The number of nitrogens with zero attached hydrogens (tertiary/aromatic N) is 2. The zero-order valence-corrected chi connectivity index (χ0v) is 14.1. The molecule has 0 radical (unpaired) electrons. The van der Waals surface area contributed by atoms with Gasteiger partial charge in [0.05, 0.1) is 0 Å². The van der Waals surface area contributed by atoms with Crippen molar-refractivity contribution in [2.45, 2.75) is 39.5 Å². The second kappa shape index (κ2) is 8.24. The molecule has 0 bridgehead atoms. The fourth-order valence-electron chi connectivity index (χ4n) is 2.10. The van der Waals surface area contributed by atoms with Gasteiger partial charge < -0.3 is 15.2 Å². The van der Waals surface area contributed by atoms with Crippen LogP contribution < -0.4 is 10.6 Å². The zero-order chi connectivity index (χ0) is 17.5. The number of carbonyl (C=O) groups is 2. The van der Waals surface area contributed by atoms with E-state index in [0.29, 0.717) is 42.7 Å². The summed E-state index contributed by atoms with van der Waals surface area (Å²) >= 11 is 0. The number of aromatic nitrogens is 2. The minimum absolute atomic E-state index is 0.361. The van der Waals surface area contributed by atoms with Gasteiger partial charge in [0, 0.05) is 18.7 Å². The predicted octanol–water partition coefficient (Wildman–Crippen LogP) is 2.19. The third-order valence-electron chi connectivity index (χ3n) is 3.46. The van der Waals surface area contributed by atoms with Crippen LogP contribution in [0.1, 0.15) is 43.5 Å². The van der Waals surface area contributed by atoms with Gasteiger partial charge in [0.25, 0.3) is 0 Å². The molecule has 0 saturated carbocycles. The van der Waals surface area contributed by atoms with Gasteiger partial charge in [0.15, 0.2) is 5.82 Å². The Balaban J connectivity index is 1.72. The Morgan fingerprint density at radius 1 is 1.17 bits per heavy atom. The number of rotatable bonds is 6. The highest BCUT2D eigenvalue weighted by Gasteiger charge is 2.13. The standard InChI is InChI=1S/C17H22N4O3/c1-11(2)13-6-8-14(9-7-13)20-17(23)16(22)18-10-4-5-15-19-12(3)21-24-15/h6-9,11H,4-5,10H2,1-3H3,(H,18,22)(H,20,23). The van der Waals surface area contributed by atoms with Crippen molar-refractivity contribution in [3.05, 3.63) is 41.5 Å². The van der Waals surface area contributed by atoms with Crippen molar-refractivity contribution in [1.29, 1.82) is 0 Å². The quantitative estimate of drug-likeness (QED) is 0.625. The van der Waals surface area contributed by atoms with Crippen LogP contribution in [0.3, 0.4) is 0 Å². The van der Waals surface area contributed by atoms with Crippen molar-refractivity contribution in [2.24, 2.45) is 0 Å². The van der Waals surface area contributed by atoms with Crippen LogP contribution in [0, 0.1) is 6.92 Å². The number of nitrogens with one attached hydrogen (secondary N) is 2. The maximum Gasteiger partial charge on any atom is 0.313 e. The molecule has 0 aliphatic heterocycles. The van der Waals surface area contributed by atoms with Crippen LogP contribution in [0.25, 0.3) is 0 Å². The summed E-state index contributed by atoms with van der Waals surface area (Å²) in [5.41, 5.74) is 1.77. The van der Waals surface area contributed by atoms with Gasteiger partial charge in [-0.25, -0.2) is 0 Å². The first kappa shape index (κ1) is 17.7. The van der Waals surface area contributed by atoms with Gasteiger partial charge in [-0.05, 0) is 37.0 Å². The lowest BCUT2D eigenvalue weighted by molar-refractivity contribution is -0.136. The van der Waals surface area contributed by atoms with Crippen molar-refractivity contribution < 1.29 is 14.1 Å². The van der Waals surface area contributed by atoms with E-state index in [1.54, 1.807) is 19.1 Å². The topological polar surface area (TPSA) is 97.1 Å². The second-order valence-corrected chi connectivity index (χ2v) is 5.83. The van der Waals surface area contributed by atoms with Crippen molar-refractivity contribution >= 4 is 17.5 Å². The molecule has 1 heterocycles. The van der Waals surface area contributed by atoms with E-state index in [9.17, 15) is 9.59 Å². The van der Waals surface area contributed by atoms with Gasteiger partial charge in [-0.15, -0.1) is 0 Å². The Labute approximate surface area is 140 Å². The highest BCUT2D eigenvalue weighted by atomic mass is 16.5. The smallest absolute Gasteiger partial charge is 0.313 e. The van der Waals surface area contributed by atoms with Gasteiger partial charge in [-0.2, -0.15) is 4.98 Å². The Morgan fingerprint density at radius 3 is 2.46 bits per heavy atom. The van der Waals surface area contributed by atoms with E-state index >= 15 is 0 Å². The van der Waals surface area contributed by atoms with E-state index < -0.39 is 11.8 Å². The van der Waals surface area contributed by atoms with Crippen molar-refractivity contribution in [1.82, 2.24) is 15.5 Å². The zero-order valence-electron chi connectivity index (χ0n) is 14.1. The molecule has 2 aromatic rings. The molecule has 0 spiro atoms. The summed E-state index contributed by atoms with van der Waals surface area (Å²) in [7, 11) is 0. The van der Waals surface area contributed by atoms with Gasteiger partial charge >= 0.3 is 11.8 Å².